The highest BCUT2D eigenvalue weighted by Crippen LogP contribution is 2.20. The second-order valence-electron chi connectivity index (χ2n) is 5.90. The van der Waals surface area contributed by atoms with Crippen molar-refractivity contribution in [1.82, 2.24) is 0 Å². The summed E-state index contributed by atoms with van der Waals surface area (Å²) < 4.78 is 30.2. The highest BCUT2D eigenvalue weighted by atomic mass is 32.2. The van der Waals surface area contributed by atoms with Gasteiger partial charge in [-0.1, -0.05) is 18.2 Å². The number of amides is 1. The van der Waals surface area contributed by atoms with E-state index in [1.165, 1.54) is 24.3 Å². The fourth-order valence-corrected chi connectivity index (χ4v) is 3.27. The second-order valence-corrected chi connectivity index (χ2v) is 7.81. The van der Waals surface area contributed by atoms with Gasteiger partial charge < -0.3 is 10.1 Å². The van der Waals surface area contributed by atoms with E-state index in [1.807, 2.05) is 19.1 Å². The number of esters is 1. The van der Waals surface area contributed by atoms with Crippen LogP contribution in [0.1, 0.15) is 22.8 Å². The van der Waals surface area contributed by atoms with E-state index in [9.17, 15) is 18.0 Å². The average Bonchev–Trinajstić information content (AvgIpc) is 2.61. The minimum absolute atomic E-state index is 0.245. The van der Waals surface area contributed by atoms with Gasteiger partial charge in [-0.2, -0.15) is 0 Å². The van der Waals surface area contributed by atoms with Crippen LogP contribution in [0.4, 0.5) is 11.4 Å². The quantitative estimate of drug-likeness (QED) is 0.734. The first-order chi connectivity index (χ1) is 12.7. The minimum atomic E-state index is -3.70. The zero-order valence-corrected chi connectivity index (χ0v) is 16.2. The second kappa shape index (κ2) is 8.68. The Kier molecular flexibility index (Phi) is 6.57. The SMILES string of the molecule is CCOC(=O)c1ccc(N(CC(=O)Nc2ccccc2C)S(C)(=O)=O)cc1. The summed E-state index contributed by atoms with van der Waals surface area (Å²) in [6, 6.07) is 13.1. The van der Waals surface area contributed by atoms with Gasteiger partial charge in [0.25, 0.3) is 0 Å². The van der Waals surface area contributed by atoms with Crippen LogP contribution in [-0.2, 0) is 19.6 Å². The normalized spacial score (nSPS) is 10.9. The first kappa shape index (κ1) is 20.4. The van der Waals surface area contributed by atoms with Crippen LogP contribution in [0.5, 0.6) is 0 Å². The van der Waals surface area contributed by atoms with Crippen molar-refractivity contribution in [3.8, 4) is 0 Å². The first-order valence-corrected chi connectivity index (χ1v) is 10.2. The van der Waals surface area contributed by atoms with Crippen LogP contribution in [0.15, 0.2) is 48.5 Å². The van der Waals surface area contributed by atoms with Crippen molar-refractivity contribution >= 4 is 33.3 Å². The Morgan fingerprint density at radius 3 is 2.26 bits per heavy atom. The molecule has 144 valence electrons. The van der Waals surface area contributed by atoms with Crippen molar-refractivity contribution in [1.29, 1.82) is 0 Å². The molecule has 2 aromatic carbocycles. The average molecular weight is 390 g/mol. The lowest BCUT2D eigenvalue weighted by Crippen LogP contribution is -2.37. The molecule has 0 fully saturated rings. The Morgan fingerprint density at radius 2 is 1.70 bits per heavy atom. The Labute approximate surface area is 159 Å². The summed E-state index contributed by atoms with van der Waals surface area (Å²) in [6.45, 7) is 3.41. The standard InChI is InChI=1S/C19H22N2O5S/c1-4-26-19(23)15-9-11-16(12-10-15)21(27(3,24)25)13-18(22)20-17-8-6-5-7-14(17)2/h5-12H,4,13H2,1-3H3,(H,20,22). The first-order valence-electron chi connectivity index (χ1n) is 8.32. The molecule has 1 amide bonds. The third kappa shape index (κ3) is 5.55. The predicted molar refractivity (Wildman–Crippen MR) is 104 cm³/mol. The molecule has 1 N–H and O–H groups in total. The summed E-state index contributed by atoms with van der Waals surface area (Å²) in [6.07, 6.45) is 1.02. The van der Waals surface area contributed by atoms with Crippen molar-refractivity contribution in [2.24, 2.45) is 0 Å². The molecule has 0 atom stereocenters. The fraction of sp³-hybridized carbons (Fsp3) is 0.263. The van der Waals surface area contributed by atoms with Crippen LogP contribution < -0.4 is 9.62 Å². The molecule has 0 radical (unpaired) electrons. The summed E-state index contributed by atoms with van der Waals surface area (Å²) in [5.74, 6) is -0.962. The zero-order valence-electron chi connectivity index (χ0n) is 15.4. The number of aryl methyl sites for hydroxylation is 1. The van der Waals surface area contributed by atoms with Gasteiger partial charge in [0.15, 0.2) is 0 Å². The van der Waals surface area contributed by atoms with E-state index in [-0.39, 0.29) is 18.8 Å². The maximum absolute atomic E-state index is 12.4. The van der Waals surface area contributed by atoms with Gasteiger partial charge in [0, 0.05) is 5.69 Å². The molecule has 0 unspecified atom stereocenters. The monoisotopic (exact) mass is 390 g/mol. The molecule has 0 aliphatic carbocycles. The number of rotatable bonds is 7. The zero-order chi connectivity index (χ0) is 20.0. The lowest BCUT2D eigenvalue weighted by atomic mass is 10.2. The fourth-order valence-electron chi connectivity index (χ4n) is 2.41. The molecule has 0 aliphatic heterocycles. The van der Waals surface area contributed by atoms with Gasteiger partial charge in [-0.15, -0.1) is 0 Å². The van der Waals surface area contributed by atoms with E-state index < -0.39 is 21.9 Å². The Hall–Kier alpha value is -2.87. The number of ether oxygens (including phenoxy) is 1. The van der Waals surface area contributed by atoms with Crippen LogP contribution in [0.2, 0.25) is 0 Å². The highest BCUT2D eigenvalue weighted by Gasteiger charge is 2.21. The van der Waals surface area contributed by atoms with Crippen molar-refractivity contribution in [3.63, 3.8) is 0 Å². The summed E-state index contributed by atoms with van der Waals surface area (Å²) in [4.78, 5) is 24.1. The van der Waals surface area contributed by atoms with E-state index in [1.54, 1.807) is 19.1 Å². The van der Waals surface area contributed by atoms with Crippen LogP contribution in [0, 0.1) is 6.92 Å². The van der Waals surface area contributed by atoms with Crippen molar-refractivity contribution in [2.75, 3.05) is 29.0 Å². The summed E-state index contributed by atoms with van der Waals surface area (Å²) >= 11 is 0. The number of nitrogens with one attached hydrogen (secondary N) is 1. The third-order valence-corrected chi connectivity index (χ3v) is 4.91. The minimum Gasteiger partial charge on any atom is -0.462 e. The Balaban J connectivity index is 2.20. The molecular weight excluding hydrogens is 368 g/mol. The molecule has 2 aromatic rings. The van der Waals surface area contributed by atoms with E-state index >= 15 is 0 Å². The molecule has 0 heterocycles. The molecule has 0 saturated heterocycles. The van der Waals surface area contributed by atoms with Crippen molar-refractivity contribution in [3.05, 3.63) is 59.7 Å². The van der Waals surface area contributed by atoms with Gasteiger partial charge in [-0.25, -0.2) is 13.2 Å². The van der Waals surface area contributed by atoms with E-state index in [4.69, 9.17) is 4.74 Å². The van der Waals surface area contributed by atoms with Gasteiger partial charge in [-0.3, -0.25) is 9.10 Å². The molecule has 2 rings (SSSR count). The Bertz CT molecular complexity index is 923. The molecular formula is C19H22N2O5S. The molecule has 7 nitrogen and oxygen atoms in total. The topological polar surface area (TPSA) is 92.8 Å². The van der Waals surface area contributed by atoms with E-state index in [0.29, 0.717) is 11.3 Å². The maximum Gasteiger partial charge on any atom is 0.338 e. The lowest BCUT2D eigenvalue weighted by molar-refractivity contribution is -0.114. The number of carbonyl (C=O) groups is 2. The van der Waals surface area contributed by atoms with Gasteiger partial charge in [0.05, 0.1) is 24.1 Å². The lowest BCUT2D eigenvalue weighted by Gasteiger charge is -2.22. The van der Waals surface area contributed by atoms with Crippen LogP contribution in [0.25, 0.3) is 0 Å². The number of para-hydroxylation sites is 1. The van der Waals surface area contributed by atoms with Gasteiger partial charge in [0.1, 0.15) is 6.54 Å². The molecule has 0 spiro atoms. The van der Waals surface area contributed by atoms with Gasteiger partial charge >= 0.3 is 5.97 Å². The Morgan fingerprint density at radius 1 is 1.07 bits per heavy atom. The number of benzene rings is 2. The maximum atomic E-state index is 12.4. The summed E-state index contributed by atoms with van der Waals surface area (Å²) in [7, 11) is -3.70. The molecule has 0 saturated carbocycles. The number of nitrogens with zero attached hydrogens (tertiary/aromatic N) is 1. The number of hydrogen-bond acceptors (Lipinski definition) is 5. The smallest absolute Gasteiger partial charge is 0.338 e. The number of anilines is 2. The number of sulfonamides is 1. The number of hydrogen-bond donors (Lipinski definition) is 1. The van der Waals surface area contributed by atoms with Gasteiger partial charge in [0.2, 0.25) is 15.9 Å². The molecule has 8 heteroatoms. The third-order valence-electron chi connectivity index (χ3n) is 3.77. The summed E-state index contributed by atoms with van der Waals surface area (Å²) in [5.41, 5.74) is 2.08. The molecule has 0 bridgehead atoms. The van der Waals surface area contributed by atoms with Crippen LogP contribution in [0.3, 0.4) is 0 Å². The largest absolute Gasteiger partial charge is 0.462 e. The van der Waals surface area contributed by atoms with Crippen LogP contribution >= 0.6 is 0 Å². The van der Waals surface area contributed by atoms with Crippen molar-refractivity contribution in [2.45, 2.75) is 13.8 Å². The summed E-state index contributed by atoms with van der Waals surface area (Å²) in [5, 5.41) is 2.71. The van der Waals surface area contributed by atoms with Crippen molar-refractivity contribution < 1.29 is 22.7 Å². The van der Waals surface area contributed by atoms with E-state index in [2.05, 4.69) is 5.32 Å². The highest BCUT2D eigenvalue weighted by molar-refractivity contribution is 7.92. The van der Waals surface area contributed by atoms with E-state index in [0.717, 1.165) is 16.1 Å². The molecule has 0 aliphatic rings. The van der Waals surface area contributed by atoms with Gasteiger partial charge in [-0.05, 0) is 49.7 Å². The number of carbonyl (C=O) groups excluding carboxylic acids is 2. The predicted octanol–water partition coefficient (Wildman–Crippen LogP) is 2.58. The molecule has 0 aromatic heterocycles. The molecule has 27 heavy (non-hydrogen) atoms. The van der Waals surface area contributed by atoms with Crippen LogP contribution in [-0.4, -0.2) is 39.7 Å².